The molecule has 1 aromatic heterocycles. The van der Waals surface area contributed by atoms with Gasteiger partial charge in [-0.25, -0.2) is 4.98 Å². The van der Waals surface area contributed by atoms with Gasteiger partial charge in [0.25, 0.3) is 0 Å². The number of benzene rings is 1. The highest BCUT2D eigenvalue weighted by Gasteiger charge is 2.16. The van der Waals surface area contributed by atoms with Gasteiger partial charge in [-0.1, -0.05) is 6.07 Å². The van der Waals surface area contributed by atoms with Gasteiger partial charge >= 0.3 is 0 Å². The van der Waals surface area contributed by atoms with Gasteiger partial charge in [0.1, 0.15) is 5.52 Å². The van der Waals surface area contributed by atoms with E-state index in [0.717, 1.165) is 23.1 Å². The molecule has 0 atom stereocenters. The van der Waals surface area contributed by atoms with Gasteiger partial charge in [0.2, 0.25) is 5.91 Å². The molecule has 3 rings (SSSR count). The fourth-order valence-electron chi connectivity index (χ4n) is 2.47. The fourth-order valence-corrected chi connectivity index (χ4v) is 2.47. The Bertz CT molecular complexity index is 615. The van der Waals surface area contributed by atoms with Crippen molar-refractivity contribution in [1.29, 1.82) is 0 Å². The molecule has 20 heavy (non-hydrogen) atoms. The van der Waals surface area contributed by atoms with Crippen LogP contribution in [0.1, 0.15) is 17.9 Å². The van der Waals surface area contributed by atoms with E-state index in [1.54, 1.807) is 0 Å². The third-order valence-electron chi connectivity index (χ3n) is 3.55. The number of nitrogens with zero attached hydrogens (tertiary/aromatic N) is 2. The third kappa shape index (κ3) is 2.82. The minimum atomic E-state index is 0.199. The summed E-state index contributed by atoms with van der Waals surface area (Å²) in [6.45, 7) is 4.55. The zero-order chi connectivity index (χ0) is 13.9. The lowest BCUT2D eigenvalue weighted by molar-refractivity contribution is -0.135. The summed E-state index contributed by atoms with van der Waals surface area (Å²) in [6.07, 6.45) is 1.26. The Kier molecular flexibility index (Phi) is 3.69. The topological polar surface area (TPSA) is 55.6 Å². The van der Waals surface area contributed by atoms with Crippen LogP contribution in [0.4, 0.5) is 0 Å². The van der Waals surface area contributed by atoms with Crippen molar-refractivity contribution >= 4 is 17.0 Å². The Hall–Kier alpha value is -1.88. The average Bonchev–Trinajstić information content (AvgIpc) is 2.85. The first kappa shape index (κ1) is 13.1. The summed E-state index contributed by atoms with van der Waals surface area (Å²) in [7, 11) is 0. The number of aromatic nitrogens is 1. The Balaban J connectivity index is 1.62. The second-order valence-electron chi connectivity index (χ2n) is 5.03. The van der Waals surface area contributed by atoms with E-state index in [1.165, 1.54) is 0 Å². The summed E-state index contributed by atoms with van der Waals surface area (Å²) in [6, 6.07) is 5.92. The third-order valence-corrected chi connectivity index (χ3v) is 3.55. The highest BCUT2D eigenvalue weighted by Crippen LogP contribution is 2.18. The van der Waals surface area contributed by atoms with Gasteiger partial charge in [-0.3, -0.25) is 4.79 Å². The minimum Gasteiger partial charge on any atom is -0.441 e. The molecule has 0 unspecified atom stereocenters. The number of aryl methyl sites for hydroxylation is 2. The Morgan fingerprint density at radius 2 is 2.15 bits per heavy atom. The van der Waals surface area contributed by atoms with Crippen molar-refractivity contribution in [3.8, 4) is 0 Å². The molecule has 5 nitrogen and oxygen atoms in total. The highest BCUT2D eigenvalue weighted by atomic mass is 16.5. The van der Waals surface area contributed by atoms with Crippen LogP contribution >= 0.6 is 0 Å². The molecule has 0 radical (unpaired) electrons. The number of rotatable bonds is 3. The number of carbonyl (C=O) groups excluding carboxylic acids is 1. The molecule has 5 heteroatoms. The van der Waals surface area contributed by atoms with Crippen LogP contribution in [0.5, 0.6) is 0 Å². The molecule has 0 bridgehead atoms. The molecule has 1 aliphatic heterocycles. The van der Waals surface area contributed by atoms with Crippen LogP contribution in [0, 0.1) is 6.92 Å². The van der Waals surface area contributed by atoms with E-state index in [4.69, 9.17) is 9.15 Å². The lowest BCUT2D eigenvalue weighted by Gasteiger charge is -2.26. The largest absolute Gasteiger partial charge is 0.441 e. The average molecular weight is 274 g/mol. The Morgan fingerprint density at radius 1 is 1.35 bits per heavy atom. The van der Waals surface area contributed by atoms with E-state index >= 15 is 0 Å². The number of oxazole rings is 1. The number of amides is 1. The summed E-state index contributed by atoms with van der Waals surface area (Å²) < 4.78 is 10.7. The molecule has 2 heterocycles. The molecular formula is C15H18N2O3. The van der Waals surface area contributed by atoms with E-state index in [9.17, 15) is 4.79 Å². The second-order valence-corrected chi connectivity index (χ2v) is 5.03. The van der Waals surface area contributed by atoms with Gasteiger partial charge in [-0.05, 0) is 24.1 Å². The molecule has 1 saturated heterocycles. The second kappa shape index (κ2) is 5.63. The maximum Gasteiger partial charge on any atom is 0.223 e. The number of carbonyl (C=O) groups is 1. The highest BCUT2D eigenvalue weighted by molar-refractivity contribution is 5.77. The summed E-state index contributed by atoms with van der Waals surface area (Å²) >= 11 is 0. The molecular weight excluding hydrogens is 256 g/mol. The van der Waals surface area contributed by atoms with Crippen LogP contribution in [-0.2, 0) is 16.0 Å². The molecule has 0 spiro atoms. The lowest BCUT2D eigenvalue weighted by Crippen LogP contribution is -2.40. The van der Waals surface area contributed by atoms with Crippen LogP contribution in [0.15, 0.2) is 22.6 Å². The molecule has 1 aliphatic rings. The van der Waals surface area contributed by atoms with Crippen LogP contribution in [-0.4, -0.2) is 42.1 Å². The van der Waals surface area contributed by atoms with E-state index in [-0.39, 0.29) is 5.91 Å². The molecule has 1 aromatic carbocycles. The van der Waals surface area contributed by atoms with Gasteiger partial charge in [0, 0.05) is 26.4 Å². The Labute approximate surface area is 117 Å². The van der Waals surface area contributed by atoms with Crippen LogP contribution in [0.25, 0.3) is 11.1 Å². The molecule has 0 N–H and O–H groups in total. The van der Waals surface area contributed by atoms with E-state index < -0.39 is 0 Å². The van der Waals surface area contributed by atoms with E-state index in [0.29, 0.717) is 38.6 Å². The van der Waals surface area contributed by atoms with Crippen molar-refractivity contribution in [3.05, 3.63) is 29.7 Å². The fraction of sp³-hybridized carbons (Fsp3) is 0.467. The molecule has 106 valence electrons. The molecule has 0 saturated carbocycles. The first-order valence-electron chi connectivity index (χ1n) is 6.94. The normalized spacial score (nSPS) is 15.8. The van der Waals surface area contributed by atoms with Crippen molar-refractivity contribution in [1.82, 2.24) is 9.88 Å². The molecule has 1 amide bonds. The number of fused-ring (bicyclic) bond motifs is 1. The van der Waals surface area contributed by atoms with Gasteiger partial charge in [0.05, 0.1) is 13.2 Å². The summed E-state index contributed by atoms with van der Waals surface area (Å²) in [5, 5.41) is 0. The van der Waals surface area contributed by atoms with Gasteiger partial charge in [0.15, 0.2) is 11.5 Å². The number of hydrogen-bond donors (Lipinski definition) is 0. The van der Waals surface area contributed by atoms with Crippen molar-refractivity contribution in [2.24, 2.45) is 0 Å². The maximum atomic E-state index is 12.1. The summed E-state index contributed by atoms with van der Waals surface area (Å²) in [4.78, 5) is 18.3. The lowest BCUT2D eigenvalue weighted by atomic mass is 10.1. The van der Waals surface area contributed by atoms with Crippen LogP contribution < -0.4 is 0 Å². The smallest absolute Gasteiger partial charge is 0.223 e. The quantitative estimate of drug-likeness (QED) is 0.858. The van der Waals surface area contributed by atoms with Gasteiger partial charge in [-0.2, -0.15) is 0 Å². The maximum absolute atomic E-state index is 12.1. The predicted octanol–water partition coefficient (Wildman–Crippen LogP) is 1.93. The summed E-state index contributed by atoms with van der Waals surface area (Å²) in [5.41, 5.74) is 2.77. The van der Waals surface area contributed by atoms with Crippen LogP contribution in [0.3, 0.4) is 0 Å². The summed E-state index contributed by atoms with van der Waals surface area (Å²) in [5.74, 6) is 0.867. The Morgan fingerprint density at radius 3 is 2.95 bits per heavy atom. The van der Waals surface area contributed by atoms with Crippen molar-refractivity contribution in [2.45, 2.75) is 19.8 Å². The predicted molar refractivity (Wildman–Crippen MR) is 74.5 cm³/mol. The molecule has 2 aromatic rings. The van der Waals surface area contributed by atoms with Crippen molar-refractivity contribution in [3.63, 3.8) is 0 Å². The SMILES string of the molecule is Cc1nc2cc(CCC(=O)N3CCOCC3)ccc2o1. The number of morpholine rings is 1. The zero-order valence-corrected chi connectivity index (χ0v) is 11.6. The first-order chi connectivity index (χ1) is 9.72. The van der Waals surface area contributed by atoms with Crippen LogP contribution in [0.2, 0.25) is 0 Å². The van der Waals surface area contributed by atoms with Gasteiger partial charge < -0.3 is 14.1 Å². The number of ether oxygens (including phenoxy) is 1. The minimum absolute atomic E-state index is 0.199. The van der Waals surface area contributed by atoms with E-state index in [2.05, 4.69) is 4.98 Å². The monoisotopic (exact) mass is 274 g/mol. The first-order valence-corrected chi connectivity index (χ1v) is 6.94. The molecule has 1 fully saturated rings. The standard InChI is InChI=1S/C15H18N2O3/c1-11-16-13-10-12(2-4-14(13)20-11)3-5-15(18)17-6-8-19-9-7-17/h2,4,10H,3,5-9H2,1H3. The number of hydrogen-bond acceptors (Lipinski definition) is 4. The van der Waals surface area contributed by atoms with Crippen molar-refractivity contribution in [2.75, 3.05) is 26.3 Å². The van der Waals surface area contributed by atoms with Gasteiger partial charge in [-0.15, -0.1) is 0 Å². The van der Waals surface area contributed by atoms with E-state index in [1.807, 2.05) is 30.0 Å². The zero-order valence-electron chi connectivity index (χ0n) is 11.6. The van der Waals surface area contributed by atoms with Crippen molar-refractivity contribution < 1.29 is 13.9 Å². The molecule has 0 aliphatic carbocycles.